The molecule has 0 unspecified atom stereocenters. The number of rotatable bonds is 2. The van der Waals surface area contributed by atoms with E-state index in [1.165, 1.54) is 0 Å². The van der Waals surface area contributed by atoms with Crippen molar-refractivity contribution in [2.24, 2.45) is 16.5 Å². The topological polar surface area (TPSA) is 73.6 Å². The fourth-order valence-electron chi connectivity index (χ4n) is 1.07. The van der Waals surface area contributed by atoms with Crippen LogP contribution >= 0.6 is 0 Å². The van der Waals surface area contributed by atoms with Crippen LogP contribution in [0.4, 0.5) is 5.69 Å². The van der Waals surface area contributed by atoms with Gasteiger partial charge in [-0.2, -0.15) is 0 Å². The quantitative estimate of drug-likeness (QED) is 0.523. The average molecular weight is 179 g/mol. The van der Waals surface area contributed by atoms with Gasteiger partial charge in [-0.25, -0.2) is 4.99 Å². The number of ether oxygens (including phenoxy) is 1. The van der Waals surface area contributed by atoms with E-state index in [1.54, 1.807) is 7.11 Å². The Labute approximate surface area is 77.2 Å². The Bertz CT molecular complexity index is 330. The lowest BCUT2D eigenvalue weighted by molar-refractivity contribution is 0.416. The Kier molecular flexibility index (Phi) is 2.74. The molecule has 0 atom stereocenters. The van der Waals surface area contributed by atoms with Gasteiger partial charge < -0.3 is 16.2 Å². The van der Waals surface area contributed by atoms with Gasteiger partial charge in [-0.05, 0) is 18.6 Å². The number of aryl methyl sites for hydroxylation is 1. The highest BCUT2D eigenvalue weighted by Crippen LogP contribution is 2.30. The van der Waals surface area contributed by atoms with Crippen molar-refractivity contribution in [2.45, 2.75) is 6.92 Å². The van der Waals surface area contributed by atoms with Gasteiger partial charge in [0.15, 0.2) is 5.96 Å². The van der Waals surface area contributed by atoms with Crippen LogP contribution in [-0.4, -0.2) is 13.1 Å². The van der Waals surface area contributed by atoms with Gasteiger partial charge in [0.25, 0.3) is 0 Å². The highest BCUT2D eigenvalue weighted by Gasteiger charge is 2.03. The van der Waals surface area contributed by atoms with Gasteiger partial charge in [0.1, 0.15) is 11.4 Å². The Morgan fingerprint density at radius 1 is 1.38 bits per heavy atom. The molecular formula is C9H13N3O. The molecule has 0 aliphatic carbocycles. The SMILES string of the molecule is COc1cccc(C)c1N=C(N)N. The summed E-state index contributed by atoms with van der Waals surface area (Å²) >= 11 is 0. The molecule has 13 heavy (non-hydrogen) atoms. The maximum Gasteiger partial charge on any atom is 0.191 e. The predicted molar refractivity (Wildman–Crippen MR) is 53.2 cm³/mol. The molecule has 1 rings (SSSR count). The van der Waals surface area contributed by atoms with Crippen molar-refractivity contribution in [3.8, 4) is 5.75 Å². The van der Waals surface area contributed by atoms with Crippen molar-refractivity contribution in [3.05, 3.63) is 23.8 Å². The Hall–Kier alpha value is -1.71. The van der Waals surface area contributed by atoms with Crippen LogP contribution in [0.5, 0.6) is 5.75 Å². The summed E-state index contributed by atoms with van der Waals surface area (Å²) in [6, 6.07) is 5.62. The summed E-state index contributed by atoms with van der Waals surface area (Å²) < 4.78 is 5.11. The van der Waals surface area contributed by atoms with Crippen LogP contribution in [0.15, 0.2) is 23.2 Å². The lowest BCUT2D eigenvalue weighted by atomic mass is 10.2. The highest BCUT2D eigenvalue weighted by molar-refractivity contribution is 5.80. The number of hydrogen-bond donors (Lipinski definition) is 2. The molecule has 0 saturated carbocycles. The molecule has 0 aromatic heterocycles. The minimum Gasteiger partial charge on any atom is -0.494 e. The molecule has 0 aliphatic rings. The van der Waals surface area contributed by atoms with E-state index in [4.69, 9.17) is 16.2 Å². The van der Waals surface area contributed by atoms with Gasteiger partial charge in [0.05, 0.1) is 7.11 Å². The van der Waals surface area contributed by atoms with Crippen LogP contribution in [0.1, 0.15) is 5.56 Å². The third kappa shape index (κ3) is 2.11. The zero-order valence-electron chi connectivity index (χ0n) is 7.74. The lowest BCUT2D eigenvalue weighted by Gasteiger charge is -2.06. The number of hydrogen-bond acceptors (Lipinski definition) is 2. The lowest BCUT2D eigenvalue weighted by Crippen LogP contribution is -2.22. The maximum atomic E-state index is 5.29. The van der Waals surface area contributed by atoms with E-state index in [1.807, 2.05) is 25.1 Å². The zero-order valence-corrected chi connectivity index (χ0v) is 7.74. The van der Waals surface area contributed by atoms with Gasteiger partial charge in [-0.3, -0.25) is 0 Å². The van der Waals surface area contributed by atoms with Crippen molar-refractivity contribution < 1.29 is 4.74 Å². The first-order chi connectivity index (χ1) is 6.15. The third-order valence-corrected chi connectivity index (χ3v) is 1.66. The van der Waals surface area contributed by atoms with Gasteiger partial charge in [-0.1, -0.05) is 12.1 Å². The minimum absolute atomic E-state index is 0.0348. The maximum absolute atomic E-state index is 5.29. The normalized spacial score (nSPS) is 9.38. The van der Waals surface area contributed by atoms with Crippen molar-refractivity contribution in [1.29, 1.82) is 0 Å². The first-order valence-electron chi connectivity index (χ1n) is 3.88. The Balaban J connectivity index is 3.23. The summed E-state index contributed by atoms with van der Waals surface area (Å²) in [4.78, 5) is 3.98. The van der Waals surface area contributed by atoms with Gasteiger partial charge in [0.2, 0.25) is 0 Å². The number of para-hydroxylation sites is 1. The molecule has 0 heterocycles. The largest absolute Gasteiger partial charge is 0.494 e. The second-order valence-corrected chi connectivity index (χ2v) is 2.66. The number of aliphatic imine (C=N–C) groups is 1. The van der Waals surface area contributed by atoms with Crippen molar-refractivity contribution >= 4 is 11.6 Å². The predicted octanol–water partition coefficient (Wildman–Crippen LogP) is 0.909. The summed E-state index contributed by atoms with van der Waals surface area (Å²) in [7, 11) is 1.58. The average Bonchev–Trinajstić information content (AvgIpc) is 2.08. The molecule has 1 aromatic rings. The molecule has 0 aliphatic heterocycles. The fourth-order valence-corrected chi connectivity index (χ4v) is 1.07. The molecule has 0 saturated heterocycles. The first-order valence-corrected chi connectivity index (χ1v) is 3.88. The second kappa shape index (κ2) is 3.80. The molecule has 0 amide bonds. The van der Waals surface area contributed by atoms with Crippen LogP contribution in [0.3, 0.4) is 0 Å². The number of nitrogens with two attached hydrogens (primary N) is 2. The van der Waals surface area contributed by atoms with E-state index in [0.29, 0.717) is 11.4 Å². The van der Waals surface area contributed by atoms with E-state index >= 15 is 0 Å². The van der Waals surface area contributed by atoms with Crippen molar-refractivity contribution in [2.75, 3.05) is 7.11 Å². The van der Waals surface area contributed by atoms with Crippen LogP contribution in [0.2, 0.25) is 0 Å². The molecule has 4 nitrogen and oxygen atoms in total. The number of nitrogens with zero attached hydrogens (tertiary/aromatic N) is 1. The summed E-state index contributed by atoms with van der Waals surface area (Å²) in [5.41, 5.74) is 12.2. The molecular weight excluding hydrogens is 166 g/mol. The Morgan fingerprint density at radius 3 is 2.62 bits per heavy atom. The van der Waals surface area contributed by atoms with E-state index in [0.717, 1.165) is 5.56 Å². The van der Waals surface area contributed by atoms with Gasteiger partial charge in [0, 0.05) is 0 Å². The molecule has 1 aromatic carbocycles. The van der Waals surface area contributed by atoms with Crippen LogP contribution in [0, 0.1) is 6.92 Å². The smallest absolute Gasteiger partial charge is 0.191 e. The molecule has 70 valence electrons. The highest BCUT2D eigenvalue weighted by atomic mass is 16.5. The van der Waals surface area contributed by atoms with E-state index in [9.17, 15) is 0 Å². The van der Waals surface area contributed by atoms with Crippen LogP contribution in [-0.2, 0) is 0 Å². The van der Waals surface area contributed by atoms with E-state index < -0.39 is 0 Å². The number of benzene rings is 1. The van der Waals surface area contributed by atoms with Crippen LogP contribution < -0.4 is 16.2 Å². The van der Waals surface area contributed by atoms with E-state index in [-0.39, 0.29) is 5.96 Å². The summed E-state index contributed by atoms with van der Waals surface area (Å²) in [5.74, 6) is 0.709. The second-order valence-electron chi connectivity index (χ2n) is 2.66. The zero-order chi connectivity index (χ0) is 9.84. The first kappa shape index (κ1) is 9.38. The summed E-state index contributed by atoms with van der Waals surface area (Å²) in [6.45, 7) is 1.92. The molecule has 4 N–H and O–H groups in total. The molecule has 0 fully saturated rings. The van der Waals surface area contributed by atoms with Crippen molar-refractivity contribution in [3.63, 3.8) is 0 Å². The molecule has 0 spiro atoms. The standard InChI is InChI=1S/C9H13N3O/c1-6-4-3-5-7(13-2)8(6)12-9(10)11/h3-5H,1-2H3,(H4,10,11,12). The molecule has 0 radical (unpaired) electrons. The van der Waals surface area contributed by atoms with Crippen molar-refractivity contribution in [1.82, 2.24) is 0 Å². The summed E-state index contributed by atoms with van der Waals surface area (Å²) in [6.07, 6.45) is 0. The monoisotopic (exact) mass is 179 g/mol. The Morgan fingerprint density at radius 2 is 2.08 bits per heavy atom. The van der Waals surface area contributed by atoms with E-state index in [2.05, 4.69) is 4.99 Å². The third-order valence-electron chi connectivity index (χ3n) is 1.66. The van der Waals surface area contributed by atoms with Gasteiger partial charge >= 0.3 is 0 Å². The van der Waals surface area contributed by atoms with Gasteiger partial charge in [-0.15, -0.1) is 0 Å². The molecule has 0 bridgehead atoms. The summed E-state index contributed by atoms with van der Waals surface area (Å²) in [5, 5.41) is 0. The number of guanidine groups is 1. The fraction of sp³-hybridized carbons (Fsp3) is 0.222. The number of methoxy groups -OCH3 is 1. The van der Waals surface area contributed by atoms with Crippen LogP contribution in [0.25, 0.3) is 0 Å². The minimum atomic E-state index is 0.0348. The molecule has 4 heteroatoms.